The highest BCUT2D eigenvalue weighted by Crippen LogP contribution is 2.49. The Balaban J connectivity index is 1.63. The van der Waals surface area contributed by atoms with Crippen LogP contribution in [0, 0.1) is 5.82 Å². The maximum absolute atomic E-state index is 14.1. The van der Waals surface area contributed by atoms with E-state index in [1.165, 1.54) is 12.1 Å². The minimum Gasteiger partial charge on any atom is -0.481 e. The van der Waals surface area contributed by atoms with Gasteiger partial charge in [0.1, 0.15) is 18.5 Å². The predicted molar refractivity (Wildman–Crippen MR) is 269 cm³/mol. The highest BCUT2D eigenvalue weighted by molar-refractivity contribution is 14.2. The number of benzene rings is 3. The normalized spacial score (nSPS) is 13.9. The molecule has 0 saturated heterocycles. The summed E-state index contributed by atoms with van der Waals surface area (Å²) >= 11 is 12.2. The SMILES string of the molecule is CC(CI)c1nc(C(C)(C)C(I)I)cc(-c2ccc(F)cc2)c1CCCO[P+](=O)CC(CC(=O)O)O[Si](c1ccccc1)(c1ccccc1)C(C)(C)C(I)I. The van der Waals surface area contributed by atoms with Gasteiger partial charge in [-0.3, -0.25) is 9.78 Å². The Morgan fingerprint density at radius 2 is 1.47 bits per heavy atom. The zero-order valence-corrected chi connectivity index (χ0v) is 44.1. The Hall–Kier alpha value is 0.0969. The lowest BCUT2D eigenvalue weighted by molar-refractivity contribution is -0.138. The van der Waals surface area contributed by atoms with E-state index < -0.39 is 33.5 Å². The Labute approximate surface area is 395 Å². The monoisotopic (exact) mass is 1350 g/mol. The van der Waals surface area contributed by atoms with Crippen LogP contribution < -0.4 is 10.4 Å². The molecule has 3 unspecified atom stereocenters. The van der Waals surface area contributed by atoms with E-state index in [0.717, 1.165) is 42.9 Å². The van der Waals surface area contributed by atoms with Crippen LogP contribution >= 0.6 is 121 Å². The summed E-state index contributed by atoms with van der Waals surface area (Å²) in [4.78, 5) is 17.6. The average molecular weight is 1350 g/mol. The fraction of sp³-hybridized carbons (Fsp3) is 0.415. The van der Waals surface area contributed by atoms with Crippen molar-refractivity contribution in [1.82, 2.24) is 4.98 Å². The fourth-order valence-corrected chi connectivity index (χ4v) is 16.1. The van der Waals surface area contributed by atoms with Gasteiger partial charge >= 0.3 is 14.0 Å². The molecule has 1 heterocycles. The fourth-order valence-electron chi connectivity index (χ4n) is 6.58. The number of carboxylic acids is 1. The molecule has 0 aliphatic rings. The largest absolute Gasteiger partial charge is 0.510 e. The van der Waals surface area contributed by atoms with Gasteiger partial charge in [0.15, 0.2) is 0 Å². The third kappa shape index (κ3) is 11.9. The molecule has 1 N–H and O–H groups in total. The van der Waals surface area contributed by atoms with Gasteiger partial charge in [-0.15, -0.1) is 4.52 Å². The number of hydrogen-bond donors (Lipinski definition) is 1. The van der Waals surface area contributed by atoms with Crippen LogP contribution in [0.1, 0.15) is 70.3 Å². The molecule has 296 valence electrons. The molecule has 1 aromatic heterocycles. The highest BCUT2D eigenvalue weighted by atomic mass is 127. The smallest absolute Gasteiger partial charge is 0.481 e. The summed E-state index contributed by atoms with van der Waals surface area (Å²) in [5.41, 5.74) is 4.81. The van der Waals surface area contributed by atoms with Gasteiger partial charge in [-0.1, -0.05) is 220 Å². The lowest BCUT2D eigenvalue weighted by Gasteiger charge is -2.47. The molecule has 3 atom stereocenters. The van der Waals surface area contributed by atoms with E-state index in [1.54, 1.807) is 0 Å². The molecule has 0 bridgehead atoms. The number of halogens is 6. The van der Waals surface area contributed by atoms with Crippen molar-refractivity contribution >= 4 is 146 Å². The molecule has 4 aromatic rings. The third-order valence-corrected chi connectivity index (χ3v) is 24.9. The number of pyridine rings is 1. The second kappa shape index (κ2) is 21.6. The van der Waals surface area contributed by atoms with Crippen molar-refractivity contribution in [2.24, 2.45) is 0 Å². The molecule has 0 spiro atoms. The molecule has 0 aliphatic carbocycles. The molecule has 4 rings (SSSR count). The van der Waals surface area contributed by atoms with Crippen LogP contribution in [0.25, 0.3) is 11.1 Å². The van der Waals surface area contributed by atoms with E-state index >= 15 is 0 Å². The van der Waals surface area contributed by atoms with E-state index in [4.69, 9.17) is 13.9 Å². The Morgan fingerprint density at radius 3 is 1.96 bits per heavy atom. The van der Waals surface area contributed by atoms with Gasteiger partial charge in [-0.05, 0) is 62.7 Å². The van der Waals surface area contributed by atoms with Crippen LogP contribution in [-0.2, 0) is 30.1 Å². The number of aromatic nitrogens is 1. The van der Waals surface area contributed by atoms with Crippen LogP contribution in [0.3, 0.4) is 0 Å². The number of rotatable bonds is 20. The summed E-state index contributed by atoms with van der Waals surface area (Å²) in [7, 11) is -5.46. The van der Waals surface area contributed by atoms with Crippen molar-refractivity contribution in [3.8, 4) is 11.1 Å². The molecule has 14 heteroatoms. The van der Waals surface area contributed by atoms with E-state index in [-0.39, 0.29) is 40.2 Å². The van der Waals surface area contributed by atoms with Crippen LogP contribution in [0.5, 0.6) is 0 Å². The lowest BCUT2D eigenvalue weighted by atomic mass is 9.85. The number of carbonyl (C=O) groups is 1. The van der Waals surface area contributed by atoms with Crippen LogP contribution in [-0.4, -0.2) is 51.5 Å². The molecule has 3 aromatic carbocycles. The molecule has 0 saturated carbocycles. The predicted octanol–water partition coefficient (Wildman–Crippen LogP) is 12.2. The topological polar surface area (TPSA) is 85.7 Å². The zero-order chi connectivity index (χ0) is 40.6. The average Bonchev–Trinajstić information content (AvgIpc) is 3.15. The van der Waals surface area contributed by atoms with Crippen LogP contribution in [0.4, 0.5) is 4.39 Å². The van der Waals surface area contributed by atoms with Crippen molar-refractivity contribution in [3.63, 3.8) is 0 Å². The van der Waals surface area contributed by atoms with Crippen molar-refractivity contribution in [1.29, 1.82) is 0 Å². The summed E-state index contributed by atoms with van der Waals surface area (Å²) in [6, 6.07) is 29.0. The number of carboxylic acid groups (broad SMARTS) is 1. The molecular weight excluding hydrogens is 1300 g/mol. The molecule has 6 nitrogen and oxygen atoms in total. The molecule has 0 aliphatic heterocycles. The minimum absolute atomic E-state index is 0.0453. The Morgan fingerprint density at radius 1 is 0.909 bits per heavy atom. The maximum Gasteiger partial charge on any atom is 0.510 e. The number of nitrogens with zero attached hydrogens (tertiary/aromatic N) is 1. The minimum atomic E-state index is -3.20. The second-order valence-electron chi connectivity index (χ2n) is 14.7. The Bertz CT molecular complexity index is 1850. The van der Waals surface area contributed by atoms with Crippen molar-refractivity contribution < 1.29 is 27.8 Å². The summed E-state index contributed by atoms with van der Waals surface area (Å²) in [6.45, 7) is 11.2. The summed E-state index contributed by atoms with van der Waals surface area (Å²) in [5.74, 6) is -1.13. The van der Waals surface area contributed by atoms with Crippen molar-refractivity contribution in [2.45, 2.75) is 80.2 Å². The van der Waals surface area contributed by atoms with E-state index in [1.807, 2.05) is 48.5 Å². The molecular formula is C41H47FI5NO5PSi+. The maximum atomic E-state index is 14.1. The standard InChI is InChI=1S/C41H46FI5NO5PSi/c1-27(25-43)37-33(34(28-18-20-29(42)21-19-28)24-35(48-37)40(2,3)38(44)45)17-12-22-52-54(51)26-30(23-36(49)50)53-55(41(4,5)39(46)47,31-13-8-6-9-14-31)32-15-10-7-11-16-32/h6-11,13-16,18-21,24,27,30,38-39H,12,17,22-23,25-26H2,1-5H3/p+1. The van der Waals surface area contributed by atoms with Crippen LogP contribution in [0.15, 0.2) is 91.0 Å². The van der Waals surface area contributed by atoms with Gasteiger partial charge in [0.05, 0.1) is 10.3 Å². The first-order chi connectivity index (χ1) is 25.9. The Kier molecular flexibility index (Phi) is 18.7. The van der Waals surface area contributed by atoms with E-state index in [2.05, 4.69) is 178 Å². The van der Waals surface area contributed by atoms with Gasteiger partial charge < -0.3 is 9.53 Å². The van der Waals surface area contributed by atoms with Gasteiger partial charge in [0, 0.05) is 32.2 Å². The summed E-state index contributed by atoms with van der Waals surface area (Å²) in [5, 5.41) is 11.7. The number of alkyl halides is 5. The summed E-state index contributed by atoms with van der Waals surface area (Å²) in [6.07, 6.45) is -0.0101. The first-order valence-electron chi connectivity index (χ1n) is 18.0. The van der Waals surface area contributed by atoms with Crippen molar-refractivity contribution in [3.05, 3.63) is 114 Å². The highest BCUT2D eigenvalue weighted by Gasteiger charge is 2.57. The van der Waals surface area contributed by atoms with Crippen LogP contribution in [0.2, 0.25) is 5.04 Å². The lowest BCUT2D eigenvalue weighted by Crippen LogP contribution is -2.69. The van der Waals surface area contributed by atoms with Gasteiger partial charge in [0.25, 0.3) is 8.32 Å². The molecule has 0 fully saturated rings. The van der Waals surface area contributed by atoms with Gasteiger partial charge in [0.2, 0.25) is 6.16 Å². The number of hydrogen-bond acceptors (Lipinski definition) is 5. The molecule has 55 heavy (non-hydrogen) atoms. The molecule has 0 amide bonds. The van der Waals surface area contributed by atoms with Gasteiger partial charge in [-0.2, -0.15) is 0 Å². The molecule has 0 radical (unpaired) electrons. The first-order valence-corrected chi connectivity index (χ1v) is 27.7. The quantitative estimate of drug-likeness (QED) is 0.0312. The second-order valence-corrected chi connectivity index (χ2v) is 30.7. The summed E-state index contributed by atoms with van der Waals surface area (Å²) < 4.78 is 42.4. The third-order valence-electron chi connectivity index (χ3n) is 9.93. The first kappa shape index (κ1) is 47.8. The van der Waals surface area contributed by atoms with E-state index in [9.17, 15) is 18.9 Å². The van der Waals surface area contributed by atoms with E-state index in [0.29, 0.717) is 12.8 Å². The van der Waals surface area contributed by atoms with Crippen molar-refractivity contribution in [2.75, 3.05) is 17.2 Å². The van der Waals surface area contributed by atoms with Gasteiger partial charge in [-0.25, -0.2) is 4.39 Å². The zero-order valence-electron chi connectivity index (χ0n) is 31.5. The number of aliphatic carboxylic acids is 1.